The number of furan rings is 1. The molecule has 10 heteroatoms. The second-order valence-corrected chi connectivity index (χ2v) is 10.4. The van der Waals surface area contributed by atoms with Gasteiger partial charge in [-0.25, -0.2) is 13.4 Å². The van der Waals surface area contributed by atoms with Crippen LogP contribution in [0, 0.1) is 6.92 Å². The molecule has 3 heterocycles. The van der Waals surface area contributed by atoms with Gasteiger partial charge in [0.1, 0.15) is 16.7 Å². The van der Waals surface area contributed by atoms with E-state index in [-0.39, 0.29) is 4.21 Å². The first kappa shape index (κ1) is 19.9. The average Bonchev–Trinajstić information content (AvgIpc) is 3.35. The summed E-state index contributed by atoms with van der Waals surface area (Å²) in [6, 6.07) is 14.1. The highest BCUT2D eigenvalue weighted by molar-refractivity contribution is 7.94. The third-order valence-electron chi connectivity index (χ3n) is 5.10. The molecule has 1 aliphatic heterocycles. The van der Waals surface area contributed by atoms with Crippen LogP contribution in [0.25, 0.3) is 15.9 Å². The Hall–Kier alpha value is -3.01. The molecule has 4 aromatic rings. The van der Waals surface area contributed by atoms with Crippen LogP contribution in [0.5, 0.6) is 0 Å². The van der Waals surface area contributed by atoms with Gasteiger partial charge in [-0.05, 0) is 66.4 Å². The second-order valence-electron chi connectivity index (χ2n) is 7.06. The molecule has 3 N–H and O–H groups in total. The van der Waals surface area contributed by atoms with Crippen LogP contribution in [0.2, 0.25) is 5.02 Å². The van der Waals surface area contributed by atoms with Gasteiger partial charge in [0, 0.05) is 21.1 Å². The van der Waals surface area contributed by atoms with Gasteiger partial charge in [-0.3, -0.25) is 4.72 Å². The lowest BCUT2D eigenvalue weighted by Gasteiger charge is -2.24. The van der Waals surface area contributed by atoms with Gasteiger partial charge >= 0.3 is 0 Å². The molecule has 2 aromatic carbocycles. The van der Waals surface area contributed by atoms with Crippen LogP contribution in [0.15, 0.2) is 68.4 Å². The summed E-state index contributed by atoms with van der Waals surface area (Å²) >= 11 is 7.29. The zero-order valence-electron chi connectivity index (χ0n) is 16.3. The van der Waals surface area contributed by atoms with Crippen molar-refractivity contribution in [2.24, 2.45) is 10.7 Å². The van der Waals surface area contributed by atoms with Crippen LogP contribution in [0.1, 0.15) is 5.56 Å². The molecule has 1 aliphatic rings. The second kappa shape index (κ2) is 7.30. The van der Waals surface area contributed by atoms with Crippen LogP contribution in [0.4, 0.5) is 11.4 Å². The number of anilines is 2. The Morgan fingerprint density at radius 1 is 1.19 bits per heavy atom. The summed E-state index contributed by atoms with van der Waals surface area (Å²) in [4.78, 5) is 6.19. The maximum Gasteiger partial charge on any atom is 0.271 e. The maximum absolute atomic E-state index is 13.0. The number of nitrogens with one attached hydrogen (secondary N) is 1. The van der Waals surface area contributed by atoms with Crippen LogP contribution in [-0.2, 0) is 10.0 Å². The van der Waals surface area contributed by atoms with Crippen molar-refractivity contribution in [3.63, 3.8) is 0 Å². The fraction of sp³-hybridized carbons (Fsp3) is 0.0952. The molecule has 0 amide bonds. The van der Waals surface area contributed by atoms with Gasteiger partial charge in [-0.2, -0.15) is 0 Å². The van der Waals surface area contributed by atoms with Crippen LogP contribution in [0.3, 0.4) is 0 Å². The molecule has 0 bridgehead atoms. The van der Waals surface area contributed by atoms with Gasteiger partial charge in [0.05, 0.1) is 11.5 Å². The van der Waals surface area contributed by atoms with Crippen molar-refractivity contribution in [3.05, 3.63) is 76.2 Å². The zero-order valence-corrected chi connectivity index (χ0v) is 18.7. The van der Waals surface area contributed by atoms with Crippen LogP contribution >= 0.6 is 22.9 Å². The predicted octanol–water partition coefficient (Wildman–Crippen LogP) is 3.38. The van der Waals surface area contributed by atoms with E-state index in [1.165, 1.54) is 11.3 Å². The first-order valence-corrected chi connectivity index (χ1v) is 12.0. The minimum atomic E-state index is -3.75. The number of thiophene rings is 1. The first-order valence-electron chi connectivity index (χ1n) is 9.30. The number of rotatable bonds is 4. The zero-order chi connectivity index (χ0) is 21.8. The summed E-state index contributed by atoms with van der Waals surface area (Å²) < 4.78 is 35.1. The molecular weight excluding hydrogens is 456 g/mol. The van der Waals surface area contributed by atoms with E-state index in [4.69, 9.17) is 21.8 Å². The van der Waals surface area contributed by atoms with Crippen molar-refractivity contribution in [1.29, 1.82) is 0 Å². The largest absolute Gasteiger partial charge is 0.446 e. The Bertz CT molecular complexity index is 1540. The van der Waals surface area contributed by atoms with Crippen molar-refractivity contribution in [2.45, 2.75) is 11.1 Å². The summed E-state index contributed by atoms with van der Waals surface area (Å²) in [5, 5.41) is 2.15. The Morgan fingerprint density at radius 2 is 1.97 bits per heavy atom. The number of hydrogen-bond donors (Lipinski definition) is 2. The lowest BCUT2D eigenvalue weighted by Crippen LogP contribution is -2.42. The monoisotopic (exact) mass is 472 g/mol. The third-order valence-corrected chi connectivity index (χ3v) is 8.61. The molecule has 0 atom stereocenters. The lowest BCUT2D eigenvalue weighted by atomic mass is 10.2. The summed E-state index contributed by atoms with van der Waals surface area (Å²) in [6.07, 6.45) is 1.55. The van der Waals surface area contributed by atoms with Gasteiger partial charge in [-0.1, -0.05) is 11.6 Å². The van der Waals surface area contributed by atoms with Crippen LogP contribution in [-0.4, -0.2) is 15.1 Å². The third kappa shape index (κ3) is 3.44. The molecule has 31 heavy (non-hydrogen) atoms. The summed E-state index contributed by atoms with van der Waals surface area (Å²) in [6.45, 7) is 2.11. The number of hydrogen-bond acceptors (Lipinski definition) is 7. The highest BCUT2D eigenvalue weighted by Gasteiger charge is 2.22. The highest BCUT2D eigenvalue weighted by atomic mass is 35.5. The van der Waals surface area contributed by atoms with Crippen molar-refractivity contribution >= 4 is 60.2 Å². The molecule has 0 aliphatic carbocycles. The molecule has 0 fully saturated rings. The number of sulfonamides is 1. The van der Waals surface area contributed by atoms with Crippen molar-refractivity contribution in [1.82, 2.24) is 0 Å². The topological polar surface area (TPSA) is 101 Å². The van der Waals surface area contributed by atoms with E-state index < -0.39 is 10.0 Å². The molecule has 7 nitrogen and oxygen atoms in total. The Labute approximate surface area is 187 Å². The Balaban J connectivity index is 1.43. The van der Waals surface area contributed by atoms with E-state index in [2.05, 4.69) is 9.71 Å². The number of aryl methyl sites for hydroxylation is 1. The quantitative estimate of drug-likeness (QED) is 0.474. The molecule has 0 radical (unpaired) electrons. The number of nitrogens with zero attached hydrogens (tertiary/aromatic N) is 2. The Morgan fingerprint density at radius 3 is 2.74 bits per heavy atom. The van der Waals surface area contributed by atoms with E-state index in [9.17, 15) is 8.42 Å². The van der Waals surface area contributed by atoms with Crippen molar-refractivity contribution in [2.75, 3.05) is 16.3 Å². The molecular formula is C21H17ClN4O3S2. The summed E-state index contributed by atoms with van der Waals surface area (Å²) in [5.74, 6) is 0.534. The SMILES string of the molecule is Cc1c(S(=O)(=O)Nc2ccc(N3CN=c4occc4=C3N)cc2)sc2ccc(Cl)cc12. The maximum atomic E-state index is 13.0. The number of nitrogens with two attached hydrogens (primary N) is 1. The minimum absolute atomic E-state index is 0.272. The molecule has 0 saturated carbocycles. The molecule has 158 valence electrons. The van der Waals surface area contributed by atoms with Gasteiger partial charge < -0.3 is 15.1 Å². The summed E-state index contributed by atoms with van der Waals surface area (Å²) in [5.41, 5.74) is 8.69. The van der Waals surface area contributed by atoms with Gasteiger partial charge in [0.15, 0.2) is 0 Å². The predicted molar refractivity (Wildman–Crippen MR) is 123 cm³/mol. The van der Waals surface area contributed by atoms with E-state index in [1.54, 1.807) is 55.7 Å². The highest BCUT2D eigenvalue weighted by Crippen LogP contribution is 2.36. The lowest BCUT2D eigenvalue weighted by molar-refractivity contribution is 0.500. The van der Waals surface area contributed by atoms with E-state index >= 15 is 0 Å². The number of benzene rings is 2. The standard InChI is InChI=1S/C21H17ClN4O3S2/c1-12-17-10-13(22)2-7-18(17)30-21(12)31(27,28)25-14-3-5-15(6-4-14)26-11-24-20-16(19(26)23)8-9-29-20/h2-10,25H,11,23H2,1H3. The Kier molecular flexibility index (Phi) is 4.69. The van der Waals surface area contributed by atoms with Crippen molar-refractivity contribution < 1.29 is 12.8 Å². The van der Waals surface area contributed by atoms with E-state index in [0.29, 0.717) is 34.3 Å². The smallest absolute Gasteiger partial charge is 0.271 e. The molecule has 2 aromatic heterocycles. The van der Waals surface area contributed by atoms with Crippen molar-refractivity contribution in [3.8, 4) is 0 Å². The fourth-order valence-corrected chi connectivity index (χ4v) is 6.51. The molecule has 0 saturated heterocycles. The number of fused-ring (bicyclic) bond motifs is 2. The van der Waals surface area contributed by atoms with E-state index in [0.717, 1.165) is 21.0 Å². The normalized spacial score (nSPS) is 13.9. The molecule has 0 unspecified atom stereocenters. The minimum Gasteiger partial charge on any atom is -0.446 e. The van der Waals surface area contributed by atoms with Gasteiger partial charge in [0.2, 0.25) is 5.55 Å². The number of halogens is 1. The first-order chi connectivity index (χ1) is 14.8. The fourth-order valence-electron chi connectivity index (χ4n) is 3.53. The van der Waals surface area contributed by atoms with E-state index in [1.807, 2.05) is 11.0 Å². The molecule has 0 spiro atoms. The summed E-state index contributed by atoms with van der Waals surface area (Å²) in [7, 11) is -3.75. The van der Waals surface area contributed by atoms with Crippen LogP contribution < -0.4 is 26.1 Å². The van der Waals surface area contributed by atoms with Gasteiger partial charge in [-0.15, -0.1) is 11.3 Å². The average molecular weight is 473 g/mol. The van der Waals surface area contributed by atoms with Gasteiger partial charge in [0.25, 0.3) is 10.0 Å². The molecule has 5 rings (SSSR count).